The Morgan fingerprint density at radius 3 is 2.84 bits per heavy atom. The number of carbonyl (C=O) groups excluding carboxylic acids is 2. The summed E-state index contributed by atoms with van der Waals surface area (Å²) in [6.07, 6.45) is 9.64. The van der Waals surface area contributed by atoms with Gasteiger partial charge in [0.2, 0.25) is 5.91 Å². The van der Waals surface area contributed by atoms with Gasteiger partial charge in [-0.2, -0.15) is 9.61 Å². The summed E-state index contributed by atoms with van der Waals surface area (Å²) in [5.41, 5.74) is 4.64. The highest BCUT2D eigenvalue weighted by atomic mass is 32.1. The quantitative estimate of drug-likeness (QED) is 0.385. The van der Waals surface area contributed by atoms with Crippen molar-refractivity contribution in [3.8, 4) is 11.3 Å². The molecule has 1 saturated carbocycles. The number of anilines is 1. The van der Waals surface area contributed by atoms with Gasteiger partial charge in [-0.15, -0.1) is 11.3 Å². The van der Waals surface area contributed by atoms with Crippen molar-refractivity contribution in [3.05, 3.63) is 52.0 Å². The number of hydrogen-bond acceptors (Lipinski definition) is 7. The highest BCUT2D eigenvalue weighted by Gasteiger charge is 2.25. The summed E-state index contributed by atoms with van der Waals surface area (Å²) in [4.78, 5) is 33.0. The third-order valence-corrected chi connectivity index (χ3v) is 8.34. The van der Waals surface area contributed by atoms with Crippen molar-refractivity contribution in [1.29, 1.82) is 0 Å². The standard InChI is InChI=1S/C28H33N7O2S/c1-3-21(15-34-8-4-5-9-34)32-28(37)24-11-20(16-38-24)23-13-25(31-22-6-7-22)35-27(33-23)19(14-29-35)10-18-12-26(36)30-17(18)2/h10-11,13-14,16,21-22,31H,2-9,12,15H2,1H3,(H,30,36)(H,32,37)/b18-10+. The van der Waals surface area contributed by atoms with E-state index in [4.69, 9.17) is 4.98 Å². The van der Waals surface area contributed by atoms with Crippen LogP contribution in [0.15, 0.2) is 41.6 Å². The van der Waals surface area contributed by atoms with Crippen LogP contribution in [0, 0.1) is 0 Å². The Balaban J connectivity index is 1.28. The third-order valence-electron chi connectivity index (χ3n) is 7.41. The van der Waals surface area contributed by atoms with Crippen molar-refractivity contribution in [3.63, 3.8) is 0 Å². The summed E-state index contributed by atoms with van der Waals surface area (Å²) in [5.74, 6) is 0.777. The molecule has 1 atom stereocenters. The predicted molar refractivity (Wildman–Crippen MR) is 150 cm³/mol. The Labute approximate surface area is 226 Å². The number of thiophene rings is 1. The molecule has 198 valence electrons. The maximum Gasteiger partial charge on any atom is 0.261 e. The molecule has 9 nitrogen and oxygen atoms in total. The van der Waals surface area contributed by atoms with Gasteiger partial charge < -0.3 is 20.9 Å². The van der Waals surface area contributed by atoms with Gasteiger partial charge in [0.1, 0.15) is 5.82 Å². The molecular formula is C28H33N7O2S. The topological polar surface area (TPSA) is 104 Å². The second-order valence-corrected chi connectivity index (χ2v) is 11.4. The number of amides is 2. The average molecular weight is 532 g/mol. The average Bonchev–Trinajstić information content (AvgIpc) is 3.32. The maximum absolute atomic E-state index is 13.1. The monoisotopic (exact) mass is 531 g/mol. The largest absolute Gasteiger partial charge is 0.367 e. The zero-order valence-corrected chi connectivity index (χ0v) is 22.4. The molecule has 3 fully saturated rings. The van der Waals surface area contributed by atoms with Crippen LogP contribution < -0.4 is 16.0 Å². The molecule has 6 rings (SSSR count). The van der Waals surface area contributed by atoms with Gasteiger partial charge in [-0.1, -0.05) is 13.5 Å². The lowest BCUT2D eigenvalue weighted by Gasteiger charge is -2.23. The fourth-order valence-corrected chi connectivity index (χ4v) is 5.87. The van der Waals surface area contributed by atoms with Gasteiger partial charge in [-0.25, -0.2) is 4.98 Å². The zero-order valence-electron chi connectivity index (χ0n) is 21.6. The van der Waals surface area contributed by atoms with E-state index in [9.17, 15) is 9.59 Å². The molecule has 0 bridgehead atoms. The molecule has 0 spiro atoms. The lowest BCUT2D eigenvalue weighted by Crippen LogP contribution is -2.42. The van der Waals surface area contributed by atoms with Crippen molar-refractivity contribution in [2.45, 2.75) is 57.5 Å². The molecule has 3 aromatic heterocycles. The number of carbonyl (C=O) groups is 2. The molecule has 3 aromatic rings. The highest BCUT2D eigenvalue weighted by Crippen LogP contribution is 2.32. The smallest absolute Gasteiger partial charge is 0.261 e. The Bertz CT molecular complexity index is 1430. The van der Waals surface area contributed by atoms with Crippen LogP contribution >= 0.6 is 11.3 Å². The van der Waals surface area contributed by atoms with E-state index in [0.29, 0.717) is 28.7 Å². The minimum absolute atomic E-state index is 0.0311. The molecule has 5 heterocycles. The Hall–Kier alpha value is -3.50. The molecule has 3 N–H and O–H groups in total. The van der Waals surface area contributed by atoms with Gasteiger partial charge in [-0.05, 0) is 62.9 Å². The van der Waals surface area contributed by atoms with E-state index in [0.717, 1.165) is 67.1 Å². The van der Waals surface area contributed by atoms with Crippen LogP contribution in [0.3, 0.4) is 0 Å². The third kappa shape index (κ3) is 5.23. The lowest BCUT2D eigenvalue weighted by molar-refractivity contribution is -0.118. The van der Waals surface area contributed by atoms with Crippen LogP contribution in [0.25, 0.3) is 23.0 Å². The van der Waals surface area contributed by atoms with E-state index < -0.39 is 0 Å². The van der Waals surface area contributed by atoms with E-state index in [1.54, 1.807) is 6.20 Å². The molecule has 38 heavy (non-hydrogen) atoms. The van der Waals surface area contributed by atoms with E-state index in [-0.39, 0.29) is 17.9 Å². The molecule has 0 radical (unpaired) electrons. The lowest BCUT2D eigenvalue weighted by atomic mass is 10.1. The van der Waals surface area contributed by atoms with Gasteiger partial charge in [0.25, 0.3) is 5.91 Å². The number of likely N-dealkylation sites (tertiary alicyclic amines) is 1. The van der Waals surface area contributed by atoms with Crippen LogP contribution in [0.2, 0.25) is 0 Å². The summed E-state index contributed by atoms with van der Waals surface area (Å²) in [6.45, 7) is 9.22. The molecule has 2 aliphatic heterocycles. The molecule has 10 heteroatoms. The van der Waals surface area contributed by atoms with Gasteiger partial charge in [-0.3, -0.25) is 9.59 Å². The first-order valence-electron chi connectivity index (χ1n) is 13.4. The summed E-state index contributed by atoms with van der Waals surface area (Å²) < 4.78 is 1.81. The van der Waals surface area contributed by atoms with Crippen molar-refractivity contribution in [2.24, 2.45) is 0 Å². The van der Waals surface area contributed by atoms with Crippen LogP contribution in [-0.2, 0) is 4.79 Å². The van der Waals surface area contributed by atoms with E-state index in [2.05, 4.69) is 39.5 Å². The first-order valence-corrected chi connectivity index (χ1v) is 14.3. The summed E-state index contributed by atoms with van der Waals surface area (Å²) >= 11 is 1.44. The van der Waals surface area contributed by atoms with Crippen LogP contribution in [0.5, 0.6) is 0 Å². The molecule has 1 unspecified atom stereocenters. The van der Waals surface area contributed by atoms with Crippen molar-refractivity contribution in [2.75, 3.05) is 25.0 Å². The fourth-order valence-electron chi connectivity index (χ4n) is 5.07. The van der Waals surface area contributed by atoms with Crippen LogP contribution in [0.1, 0.15) is 60.7 Å². The number of allylic oxidation sites excluding steroid dienone is 1. The summed E-state index contributed by atoms with van der Waals surface area (Å²) in [6, 6.07) is 4.50. The van der Waals surface area contributed by atoms with Crippen molar-refractivity contribution in [1.82, 2.24) is 30.1 Å². The SMILES string of the molecule is C=C1NC(=O)C/C1=C\c1cnn2c(NC3CC3)cc(-c3csc(C(=O)NC(CC)CN4CCCC4)c3)nc12. The molecule has 2 amide bonds. The normalized spacial score (nSPS) is 19.9. The highest BCUT2D eigenvalue weighted by molar-refractivity contribution is 7.12. The van der Waals surface area contributed by atoms with Crippen LogP contribution in [-0.4, -0.2) is 63.0 Å². The maximum atomic E-state index is 13.1. The number of nitrogens with zero attached hydrogens (tertiary/aromatic N) is 4. The molecular weight excluding hydrogens is 498 g/mol. The summed E-state index contributed by atoms with van der Waals surface area (Å²) in [5, 5.41) is 16.1. The number of nitrogens with one attached hydrogen (secondary N) is 3. The van der Waals surface area contributed by atoms with E-state index >= 15 is 0 Å². The number of rotatable bonds is 9. The van der Waals surface area contributed by atoms with Gasteiger partial charge in [0, 0.05) is 46.9 Å². The van der Waals surface area contributed by atoms with Crippen molar-refractivity contribution >= 4 is 40.7 Å². The summed E-state index contributed by atoms with van der Waals surface area (Å²) in [7, 11) is 0. The number of hydrogen-bond donors (Lipinski definition) is 3. The van der Waals surface area contributed by atoms with E-state index in [1.807, 2.05) is 28.1 Å². The zero-order chi connectivity index (χ0) is 26.2. The first-order chi connectivity index (χ1) is 18.5. The Morgan fingerprint density at radius 2 is 2.13 bits per heavy atom. The predicted octanol–water partition coefficient (Wildman–Crippen LogP) is 4.05. The molecule has 2 saturated heterocycles. The first kappa shape index (κ1) is 24.8. The number of aromatic nitrogens is 3. The Kier molecular flexibility index (Phi) is 6.75. The Morgan fingerprint density at radius 1 is 1.32 bits per heavy atom. The molecule has 0 aromatic carbocycles. The van der Waals surface area contributed by atoms with Crippen molar-refractivity contribution < 1.29 is 9.59 Å². The minimum atomic E-state index is -0.0581. The van der Waals surface area contributed by atoms with Gasteiger partial charge in [0.05, 0.1) is 23.2 Å². The molecule has 3 aliphatic rings. The molecule has 1 aliphatic carbocycles. The van der Waals surface area contributed by atoms with Gasteiger partial charge >= 0.3 is 0 Å². The second kappa shape index (κ2) is 10.3. The van der Waals surface area contributed by atoms with Crippen LogP contribution in [0.4, 0.5) is 5.82 Å². The second-order valence-electron chi connectivity index (χ2n) is 10.4. The number of fused-ring (bicyclic) bond motifs is 1. The fraction of sp³-hybridized carbons (Fsp3) is 0.429. The van der Waals surface area contributed by atoms with Gasteiger partial charge in [0.15, 0.2) is 5.65 Å². The minimum Gasteiger partial charge on any atom is -0.367 e. The van der Waals surface area contributed by atoms with E-state index in [1.165, 1.54) is 24.2 Å².